The molecular formula is C50H26F3N3S2. The molecule has 0 fully saturated rings. The fourth-order valence-electron chi connectivity index (χ4n) is 9.15. The predicted molar refractivity (Wildman–Crippen MR) is 236 cm³/mol. The van der Waals surface area contributed by atoms with Crippen LogP contribution < -0.4 is 0 Å². The van der Waals surface area contributed by atoms with Crippen molar-refractivity contribution in [2.75, 3.05) is 0 Å². The summed E-state index contributed by atoms with van der Waals surface area (Å²) in [7, 11) is 0. The number of nitriles is 1. The van der Waals surface area contributed by atoms with Gasteiger partial charge in [-0.25, -0.2) is 0 Å². The normalized spacial score (nSPS) is 12.4. The van der Waals surface area contributed by atoms with Crippen LogP contribution in [0.4, 0.5) is 13.2 Å². The van der Waals surface area contributed by atoms with Crippen LogP contribution in [0.1, 0.15) is 11.1 Å². The molecule has 4 aromatic heterocycles. The van der Waals surface area contributed by atoms with E-state index in [2.05, 4.69) is 88.0 Å². The number of hydrogen-bond acceptors (Lipinski definition) is 3. The lowest BCUT2D eigenvalue weighted by Gasteiger charge is -2.19. The standard InChI is InChI=1S/C50H26F3N3S2/c51-50(52,53)30-11-9-10-28(24-30)29-25-40(55-38-16-5-1-12-31(38)33-20-22-44-46(48(33)55)35-14-3-7-18-42(35)57-44)37(27-54)41(26-29)56-39-17-6-2-13-32(39)34-21-23-45-47(49(34)56)36-15-4-8-19-43(36)58-45/h1-26H. The molecule has 4 heterocycles. The lowest BCUT2D eigenvalue weighted by Crippen LogP contribution is -2.06. The highest BCUT2D eigenvalue weighted by Crippen LogP contribution is 2.47. The quantitative estimate of drug-likeness (QED) is 0.175. The summed E-state index contributed by atoms with van der Waals surface area (Å²) in [6.07, 6.45) is -4.54. The average molecular weight is 790 g/mol. The van der Waals surface area contributed by atoms with Gasteiger partial charge in [0.25, 0.3) is 0 Å². The van der Waals surface area contributed by atoms with E-state index >= 15 is 0 Å². The van der Waals surface area contributed by atoms with E-state index in [1.165, 1.54) is 12.1 Å². The number of thiophene rings is 2. The largest absolute Gasteiger partial charge is 0.416 e. The Morgan fingerprint density at radius 1 is 0.448 bits per heavy atom. The number of para-hydroxylation sites is 2. The molecule has 274 valence electrons. The minimum atomic E-state index is -4.54. The van der Waals surface area contributed by atoms with Crippen LogP contribution in [0.5, 0.6) is 0 Å². The van der Waals surface area contributed by atoms with E-state index in [0.29, 0.717) is 28.1 Å². The molecule has 12 rings (SSSR count). The van der Waals surface area contributed by atoms with E-state index in [9.17, 15) is 18.4 Å². The highest BCUT2D eigenvalue weighted by Gasteiger charge is 2.31. The van der Waals surface area contributed by atoms with Crippen molar-refractivity contribution < 1.29 is 13.2 Å². The van der Waals surface area contributed by atoms with Gasteiger partial charge in [0.1, 0.15) is 11.6 Å². The zero-order valence-corrected chi connectivity index (χ0v) is 31.9. The Bertz CT molecular complexity index is 3550. The fourth-order valence-corrected chi connectivity index (χ4v) is 11.4. The van der Waals surface area contributed by atoms with Crippen molar-refractivity contribution in [3.8, 4) is 28.6 Å². The van der Waals surface area contributed by atoms with Gasteiger partial charge in [0.05, 0.1) is 39.0 Å². The smallest absolute Gasteiger partial charge is 0.307 e. The zero-order chi connectivity index (χ0) is 38.9. The maximum absolute atomic E-state index is 14.3. The Labute approximate surface area is 336 Å². The third kappa shape index (κ3) is 4.60. The molecule has 0 unspecified atom stereocenters. The van der Waals surface area contributed by atoms with Gasteiger partial charge < -0.3 is 9.13 Å². The highest BCUT2D eigenvalue weighted by molar-refractivity contribution is 7.26. The zero-order valence-electron chi connectivity index (χ0n) is 30.3. The number of fused-ring (bicyclic) bond motifs is 14. The van der Waals surface area contributed by atoms with E-state index in [1.807, 2.05) is 60.7 Å². The first-order valence-corrected chi connectivity index (χ1v) is 20.4. The summed E-state index contributed by atoms with van der Waals surface area (Å²) in [6, 6.07) is 53.7. The highest BCUT2D eigenvalue weighted by atomic mass is 32.1. The summed E-state index contributed by atoms with van der Waals surface area (Å²) < 4.78 is 51.9. The van der Waals surface area contributed by atoms with E-state index < -0.39 is 11.7 Å². The maximum Gasteiger partial charge on any atom is 0.416 e. The number of rotatable bonds is 3. The number of benzene rings is 8. The van der Waals surface area contributed by atoms with Crippen molar-refractivity contribution in [3.05, 3.63) is 169 Å². The van der Waals surface area contributed by atoms with Gasteiger partial charge >= 0.3 is 6.18 Å². The monoisotopic (exact) mass is 789 g/mol. The molecule has 0 saturated carbocycles. The third-order valence-electron chi connectivity index (χ3n) is 11.6. The Morgan fingerprint density at radius 3 is 1.43 bits per heavy atom. The summed E-state index contributed by atoms with van der Waals surface area (Å²) >= 11 is 3.45. The van der Waals surface area contributed by atoms with Gasteiger partial charge in [-0.1, -0.05) is 97.1 Å². The molecule has 0 N–H and O–H groups in total. The van der Waals surface area contributed by atoms with Gasteiger partial charge in [-0.05, 0) is 71.8 Å². The van der Waals surface area contributed by atoms with E-state index in [4.69, 9.17) is 0 Å². The lowest BCUT2D eigenvalue weighted by molar-refractivity contribution is -0.137. The number of halogens is 3. The maximum atomic E-state index is 14.3. The van der Waals surface area contributed by atoms with Crippen LogP contribution in [-0.4, -0.2) is 9.13 Å². The van der Waals surface area contributed by atoms with Crippen molar-refractivity contribution in [3.63, 3.8) is 0 Å². The van der Waals surface area contributed by atoms with Crippen molar-refractivity contribution in [2.24, 2.45) is 0 Å². The van der Waals surface area contributed by atoms with Crippen LogP contribution in [0.15, 0.2) is 158 Å². The Kier molecular flexibility index (Phi) is 6.90. The van der Waals surface area contributed by atoms with Gasteiger partial charge in [-0.15, -0.1) is 22.7 Å². The van der Waals surface area contributed by atoms with E-state index in [0.717, 1.165) is 90.0 Å². The molecule has 58 heavy (non-hydrogen) atoms. The van der Waals surface area contributed by atoms with Crippen LogP contribution in [0.3, 0.4) is 0 Å². The molecule has 3 nitrogen and oxygen atoms in total. The minimum Gasteiger partial charge on any atom is -0.307 e. The molecule has 0 aliphatic heterocycles. The number of nitrogens with zero attached hydrogens (tertiary/aromatic N) is 3. The summed E-state index contributed by atoms with van der Waals surface area (Å²) in [4.78, 5) is 0. The second kappa shape index (κ2) is 12.0. The fraction of sp³-hybridized carbons (Fsp3) is 0.0200. The first-order valence-electron chi connectivity index (χ1n) is 18.8. The molecule has 0 spiro atoms. The van der Waals surface area contributed by atoms with Crippen LogP contribution in [0.2, 0.25) is 0 Å². The second-order valence-corrected chi connectivity index (χ2v) is 16.8. The number of aromatic nitrogens is 2. The van der Waals surface area contributed by atoms with Gasteiger partial charge in [0.15, 0.2) is 0 Å². The van der Waals surface area contributed by atoms with Crippen molar-refractivity contribution in [1.82, 2.24) is 9.13 Å². The number of alkyl halides is 3. The van der Waals surface area contributed by atoms with Crippen molar-refractivity contribution in [2.45, 2.75) is 6.18 Å². The van der Waals surface area contributed by atoms with Gasteiger partial charge in [0, 0.05) is 61.9 Å². The SMILES string of the molecule is N#Cc1c(-n2c3ccccc3c3ccc4sc5ccccc5c4c32)cc(-c2cccc(C(F)(F)F)c2)cc1-n1c2ccccc2c2ccc3sc4ccccc4c3c21. The van der Waals surface area contributed by atoms with Crippen LogP contribution >= 0.6 is 22.7 Å². The Morgan fingerprint density at radius 2 is 0.931 bits per heavy atom. The topological polar surface area (TPSA) is 33.6 Å². The number of hydrogen-bond donors (Lipinski definition) is 0. The van der Waals surface area contributed by atoms with E-state index in [1.54, 1.807) is 28.7 Å². The molecule has 0 radical (unpaired) electrons. The summed E-state index contributed by atoms with van der Waals surface area (Å²) in [5.41, 5.74) is 5.54. The molecule has 0 amide bonds. The molecular weight excluding hydrogens is 764 g/mol. The first kappa shape index (κ1) is 33.2. The second-order valence-electron chi connectivity index (χ2n) is 14.7. The summed E-state index contributed by atoms with van der Waals surface area (Å²) in [5.74, 6) is 0. The van der Waals surface area contributed by atoms with Gasteiger partial charge in [0.2, 0.25) is 0 Å². The van der Waals surface area contributed by atoms with Crippen LogP contribution in [0, 0.1) is 11.3 Å². The molecule has 12 aromatic rings. The third-order valence-corrected chi connectivity index (χ3v) is 13.8. The van der Waals surface area contributed by atoms with Crippen molar-refractivity contribution in [1.29, 1.82) is 5.26 Å². The predicted octanol–water partition coefficient (Wildman–Crippen LogP) is 15.2. The van der Waals surface area contributed by atoms with Crippen LogP contribution in [-0.2, 0) is 6.18 Å². The molecule has 0 saturated heterocycles. The molecule has 0 aliphatic carbocycles. The van der Waals surface area contributed by atoms with Gasteiger partial charge in [-0.3, -0.25) is 0 Å². The van der Waals surface area contributed by atoms with E-state index in [-0.39, 0.29) is 0 Å². The van der Waals surface area contributed by atoms with Crippen molar-refractivity contribution >= 4 is 107 Å². The Balaban J connectivity index is 1.31. The molecule has 8 aromatic carbocycles. The average Bonchev–Trinajstić information content (AvgIpc) is 4.00. The Hall–Kier alpha value is -6.92. The lowest BCUT2D eigenvalue weighted by atomic mass is 9.98. The minimum absolute atomic E-state index is 0.403. The molecule has 0 aliphatic rings. The first-order chi connectivity index (χ1) is 28.4. The van der Waals surface area contributed by atoms with Gasteiger partial charge in [-0.2, -0.15) is 18.4 Å². The molecule has 8 heteroatoms. The van der Waals surface area contributed by atoms with Crippen LogP contribution in [0.25, 0.3) is 106 Å². The molecule has 0 atom stereocenters. The molecule has 0 bridgehead atoms. The summed E-state index contributed by atoms with van der Waals surface area (Å²) in [5, 5.41) is 20.0. The summed E-state index contributed by atoms with van der Waals surface area (Å²) in [6.45, 7) is 0.